The van der Waals surface area contributed by atoms with E-state index in [0.29, 0.717) is 24.4 Å². The molecule has 1 aliphatic heterocycles. The summed E-state index contributed by atoms with van der Waals surface area (Å²) in [6, 6.07) is 5.66. The molecule has 1 heterocycles. The fourth-order valence-corrected chi connectivity index (χ4v) is 2.07. The van der Waals surface area contributed by atoms with E-state index in [2.05, 4.69) is 20.9 Å². The Labute approximate surface area is 114 Å². The number of ether oxygens (including phenoxy) is 1. The van der Waals surface area contributed by atoms with Gasteiger partial charge < -0.3 is 10.5 Å². The van der Waals surface area contributed by atoms with E-state index in [1.165, 1.54) is 0 Å². The molecule has 0 bridgehead atoms. The maximum atomic E-state index is 11.8. The quantitative estimate of drug-likeness (QED) is 0.854. The summed E-state index contributed by atoms with van der Waals surface area (Å²) in [5.74, 6) is 0.0672. The van der Waals surface area contributed by atoms with E-state index in [-0.39, 0.29) is 5.97 Å². The lowest BCUT2D eigenvalue weighted by atomic mass is 10.1. The molecule has 1 aromatic rings. The van der Waals surface area contributed by atoms with Gasteiger partial charge >= 0.3 is 5.97 Å². The van der Waals surface area contributed by atoms with Gasteiger partial charge in [0.05, 0.1) is 12.3 Å². The number of esters is 1. The number of benzene rings is 1. The van der Waals surface area contributed by atoms with Gasteiger partial charge in [0.2, 0.25) is 0 Å². The molecule has 2 rings (SSSR count). The second kappa shape index (κ2) is 5.35. The van der Waals surface area contributed by atoms with Crippen LogP contribution >= 0.6 is 15.9 Å². The van der Waals surface area contributed by atoms with Gasteiger partial charge in [0, 0.05) is 22.0 Å². The molecule has 5 heteroatoms. The number of hydrogen-bond donors (Lipinski definition) is 1. The van der Waals surface area contributed by atoms with Crippen molar-refractivity contribution in [2.75, 3.05) is 6.61 Å². The Morgan fingerprint density at radius 3 is 3.06 bits per heavy atom. The number of fused-ring (bicyclic) bond motifs is 1. The van der Waals surface area contributed by atoms with Crippen LogP contribution in [0.2, 0.25) is 0 Å². The normalized spacial score (nSPS) is 14.1. The van der Waals surface area contributed by atoms with E-state index >= 15 is 0 Å². The summed E-state index contributed by atoms with van der Waals surface area (Å²) in [5.41, 5.74) is 7.95. The number of carbonyl (C=O) groups excluding carboxylic acids is 1. The first-order valence-corrected chi connectivity index (χ1v) is 6.39. The zero-order chi connectivity index (χ0) is 13.1. The average molecular weight is 309 g/mol. The smallest absolute Gasteiger partial charge is 0.334 e. The fourth-order valence-electron chi connectivity index (χ4n) is 1.72. The maximum Gasteiger partial charge on any atom is 0.334 e. The molecule has 0 fully saturated rings. The van der Waals surface area contributed by atoms with E-state index in [0.717, 1.165) is 15.7 Å². The van der Waals surface area contributed by atoms with Gasteiger partial charge in [-0.2, -0.15) is 0 Å². The molecule has 1 aromatic carbocycles. The molecule has 0 saturated carbocycles. The molecule has 94 valence electrons. The first-order chi connectivity index (χ1) is 8.60. The number of nitrogens with two attached hydrogens (primary N) is 1. The molecule has 0 aromatic heterocycles. The van der Waals surface area contributed by atoms with Crippen molar-refractivity contribution in [1.82, 2.24) is 0 Å². The summed E-state index contributed by atoms with van der Waals surface area (Å²) in [6.07, 6.45) is 2.09. The zero-order valence-corrected chi connectivity index (χ0v) is 11.5. The van der Waals surface area contributed by atoms with Crippen LogP contribution in [0.4, 0.5) is 5.69 Å². The van der Waals surface area contributed by atoms with Gasteiger partial charge in [-0.25, -0.2) is 9.79 Å². The summed E-state index contributed by atoms with van der Waals surface area (Å²) in [5, 5.41) is 0. The minimum atomic E-state index is -0.341. The molecule has 4 nitrogen and oxygen atoms in total. The van der Waals surface area contributed by atoms with Crippen molar-refractivity contribution in [3.63, 3.8) is 0 Å². The van der Waals surface area contributed by atoms with Gasteiger partial charge in [-0.05, 0) is 25.1 Å². The number of halogens is 1. The van der Waals surface area contributed by atoms with Crippen molar-refractivity contribution >= 4 is 39.5 Å². The Balaban J connectivity index is 2.45. The molecule has 0 amide bonds. The molecule has 1 aliphatic rings. The van der Waals surface area contributed by atoms with Crippen molar-refractivity contribution in [1.29, 1.82) is 0 Å². The SMILES string of the molecule is CCOC(=O)C1=Cc2ccc(Br)cc2N=C(N)C1. The lowest BCUT2D eigenvalue weighted by Gasteiger charge is -2.04. The van der Waals surface area contributed by atoms with Gasteiger partial charge in [0.1, 0.15) is 5.84 Å². The van der Waals surface area contributed by atoms with Crippen molar-refractivity contribution < 1.29 is 9.53 Å². The van der Waals surface area contributed by atoms with Gasteiger partial charge in [-0.1, -0.05) is 22.0 Å². The van der Waals surface area contributed by atoms with E-state index in [9.17, 15) is 4.79 Å². The third-order valence-electron chi connectivity index (χ3n) is 2.50. The number of amidine groups is 1. The number of aliphatic imine (C=N–C) groups is 1. The van der Waals surface area contributed by atoms with Crippen LogP contribution in [0.25, 0.3) is 6.08 Å². The van der Waals surface area contributed by atoms with Crippen LogP contribution in [0.5, 0.6) is 0 Å². The monoisotopic (exact) mass is 308 g/mol. The van der Waals surface area contributed by atoms with Gasteiger partial charge in [0.15, 0.2) is 0 Å². The fraction of sp³-hybridized carbons (Fsp3) is 0.231. The lowest BCUT2D eigenvalue weighted by Crippen LogP contribution is -2.16. The van der Waals surface area contributed by atoms with Crippen LogP contribution < -0.4 is 5.73 Å². The van der Waals surface area contributed by atoms with Crippen LogP contribution in [0.3, 0.4) is 0 Å². The van der Waals surface area contributed by atoms with Crippen molar-refractivity contribution in [3.05, 3.63) is 33.8 Å². The first kappa shape index (κ1) is 12.8. The summed E-state index contributed by atoms with van der Waals surface area (Å²) in [4.78, 5) is 16.1. The highest BCUT2D eigenvalue weighted by molar-refractivity contribution is 9.10. The van der Waals surface area contributed by atoms with Gasteiger partial charge in [-0.15, -0.1) is 0 Å². The number of carbonyl (C=O) groups is 1. The Kier molecular flexibility index (Phi) is 3.81. The molecule has 0 atom stereocenters. The Morgan fingerprint density at radius 2 is 2.33 bits per heavy atom. The summed E-state index contributed by atoms with van der Waals surface area (Å²) in [7, 11) is 0. The molecular weight excluding hydrogens is 296 g/mol. The molecule has 0 aliphatic carbocycles. The molecule has 0 radical (unpaired) electrons. The van der Waals surface area contributed by atoms with Crippen LogP contribution in [0, 0.1) is 0 Å². The predicted octanol–water partition coefficient (Wildman–Crippen LogP) is 2.79. The van der Waals surface area contributed by atoms with Crippen molar-refractivity contribution in [3.8, 4) is 0 Å². The van der Waals surface area contributed by atoms with E-state index in [1.807, 2.05) is 18.2 Å². The van der Waals surface area contributed by atoms with Crippen LogP contribution in [0.1, 0.15) is 18.9 Å². The van der Waals surface area contributed by atoms with Gasteiger partial charge in [-0.3, -0.25) is 0 Å². The Morgan fingerprint density at radius 1 is 1.56 bits per heavy atom. The minimum Gasteiger partial charge on any atom is -0.463 e. The predicted molar refractivity (Wildman–Crippen MR) is 74.7 cm³/mol. The molecule has 0 spiro atoms. The zero-order valence-electron chi connectivity index (χ0n) is 9.94. The third kappa shape index (κ3) is 2.79. The number of rotatable bonds is 2. The molecule has 2 N–H and O–H groups in total. The van der Waals surface area contributed by atoms with Crippen LogP contribution in [-0.2, 0) is 9.53 Å². The van der Waals surface area contributed by atoms with Crippen molar-refractivity contribution in [2.45, 2.75) is 13.3 Å². The second-order valence-electron chi connectivity index (χ2n) is 3.87. The standard InChI is InChI=1S/C13H13BrN2O2/c1-2-18-13(17)9-5-8-3-4-10(14)7-11(8)16-12(15)6-9/h3-5,7H,2,6H2,1H3,(H2,15,16). The first-order valence-electron chi connectivity index (χ1n) is 5.60. The highest BCUT2D eigenvalue weighted by atomic mass is 79.9. The second-order valence-corrected chi connectivity index (χ2v) is 4.79. The summed E-state index contributed by atoms with van der Waals surface area (Å²) < 4.78 is 5.92. The van der Waals surface area contributed by atoms with Crippen LogP contribution in [0.15, 0.2) is 33.2 Å². The highest BCUT2D eigenvalue weighted by Gasteiger charge is 2.16. The van der Waals surface area contributed by atoms with Crippen LogP contribution in [-0.4, -0.2) is 18.4 Å². The van der Waals surface area contributed by atoms with Gasteiger partial charge in [0.25, 0.3) is 0 Å². The molecule has 0 unspecified atom stereocenters. The third-order valence-corrected chi connectivity index (χ3v) is 2.99. The van der Waals surface area contributed by atoms with E-state index < -0.39 is 0 Å². The molecule has 18 heavy (non-hydrogen) atoms. The number of hydrogen-bond acceptors (Lipinski definition) is 4. The summed E-state index contributed by atoms with van der Waals surface area (Å²) in [6.45, 7) is 2.12. The maximum absolute atomic E-state index is 11.8. The van der Waals surface area contributed by atoms with Crippen molar-refractivity contribution in [2.24, 2.45) is 10.7 Å². The highest BCUT2D eigenvalue weighted by Crippen LogP contribution is 2.29. The molecular formula is C13H13BrN2O2. The largest absolute Gasteiger partial charge is 0.463 e. The van der Waals surface area contributed by atoms with E-state index in [1.54, 1.807) is 13.0 Å². The topological polar surface area (TPSA) is 64.7 Å². The lowest BCUT2D eigenvalue weighted by molar-refractivity contribution is -0.138. The average Bonchev–Trinajstić information content (AvgIpc) is 2.47. The molecule has 0 saturated heterocycles. The van der Waals surface area contributed by atoms with E-state index in [4.69, 9.17) is 10.5 Å². The number of nitrogens with zero attached hydrogens (tertiary/aromatic N) is 1. The minimum absolute atomic E-state index is 0.311. The Bertz CT molecular complexity index is 550. The summed E-state index contributed by atoms with van der Waals surface area (Å²) >= 11 is 3.38. The Hall–Kier alpha value is -1.62.